The summed E-state index contributed by atoms with van der Waals surface area (Å²) in [5, 5.41) is 2.99. The first-order valence-electron chi connectivity index (χ1n) is 6.48. The van der Waals surface area contributed by atoms with Gasteiger partial charge >= 0.3 is 8.80 Å². The van der Waals surface area contributed by atoms with Gasteiger partial charge in [0.2, 0.25) is 17.8 Å². The van der Waals surface area contributed by atoms with E-state index in [4.69, 9.17) is 24.7 Å². The third-order valence-corrected chi connectivity index (χ3v) is 5.02. The Labute approximate surface area is 119 Å². The van der Waals surface area contributed by atoms with Crippen molar-refractivity contribution in [2.45, 2.75) is 20.8 Å². The van der Waals surface area contributed by atoms with E-state index < -0.39 is 8.80 Å². The number of hydrogen-bond donors (Lipinski definition) is 3. The highest BCUT2D eigenvalue weighted by Crippen LogP contribution is 2.12. The summed E-state index contributed by atoms with van der Waals surface area (Å²) in [4.78, 5) is 11.6. The lowest BCUT2D eigenvalue weighted by molar-refractivity contribution is 0.0740. The monoisotopic (exact) mass is 302 g/mol. The van der Waals surface area contributed by atoms with E-state index >= 15 is 0 Å². The molecule has 0 atom stereocenters. The molecule has 0 fully saturated rings. The minimum absolute atomic E-state index is 0.0523. The maximum atomic E-state index is 5.69. The summed E-state index contributed by atoms with van der Waals surface area (Å²) in [5.41, 5.74) is 11.0. The van der Waals surface area contributed by atoms with E-state index in [1.54, 1.807) is 0 Å². The molecular formula is C10H22N6O3Si. The smallest absolute Gasteiger partial charge is 0.373 e. The number of aromatic nitrogens is 3. The predicted molar refractivity (Wildman–Crippen MR) is 77.8 cm³/mol. The minimum atomic E-state index is -2.81. The molecule has 1 rings (SSSR count). The maximum Gasteiger partial charge on any atom is 0.521 e. The number of rotatable bonds is 9. The molecule has 0 aliphatic heterocycles. The second-order valence-corrected chi connectivity index (χ2v) is 6.30. The van der Waals surface area contributed by atoms with E-state index in [0.717, 1.165) is 0 Å². The van der Waals surface area contributed by atoms with Gasteiger partial charge in [-0.25, -0.2) is 0 Å². The van der Waals surface area contributed by atoms with E-state index in [2.05, 4.69) is 20.3 Å². The van der Waals surface area contributed by atoms with Gasteiger partial charge in [-0.15, -0.1) is 0 Å². The Bertz CT molecular complexity index is 385. The van der Waals surface area contributed by atoms with Gasteiger partial charge in [-0.1, -0.05) is 0 Å². The van der Waals surface area contributed by atoms with Crippen LogP contribution < -0.4 is 16.8 Å². The van der Waals surface area contributed by atoms with Gasteiger partial charge in [0.25, 0.3) is 0 Å². The molecule has 0 aromatic carbocycles. The molecule has 0 spiro atoms. The molecule has 10 heteroatoms. The van der Waals surface area contributed by atoms with Crippen molar-refractivity contribution in [3.8, 4) is 0 Å². The predicted octanol–water partition coefficient (Wildman–Crippen LogP) is 0.0355. The van der Waals surface area contributed by atoms with Crippen molar-refractivity contribution in [1.29, 1.82) is 0 Å². The summed E-state index contributed by atoms with van der Waals surface area (Å²) in [6.07, 6.45) is 0.325. The number of hydrogen-bond acceptors (Lipinski definition) is 9. The van der Waals surface area contributed by atoms with Crippen LogP contribution in [0.3, 0.4) is 0 Å². The van der Waals surface area contributed by atoms with Gasteiger partial charge in [0.15, 0.2) is 0 Å². The standard InChI is InChI=1S/C10H22N6O3Si/c1-4-17-20(18-5-2,19-6-3)7-13-10-15-8(11)14-9(12)16-10/h4-7H2,1-3H3,(H5,11,12,13,14,15,16). The second-order valence-electron chi connectivity index (χ2n) is 3.71. The summed E-state index contributed by atoms with van der Waals surface area (Å²) in [6.45, 7) is 7.15. The van der Waals surface area contributed by atoms with Gasteiger partial charge in [-0.2, -0.15) is 15.0 Å². The Morgan fingerprint density at radius 1 is 0.900 bits per heavy atom. The summed E-state index contributed by atoms with van der Waals surface area (Å²) < 4.78 is 17.1. The zero-order valence-electron chi connectivity index (χ0n) is 12.0. The van der Waals surface area contributed by atoms with Crippen molar-refractivity contribution in [1.82, 2.24) is 15.0 Å². The largest absolute Gasteiger partial charge is 0.521 e. The Morgan fingerprint density at radius 2 is 1.35 bits per heavy atom. The first-order chi connectivity index (χ1) is 9.55. The van der Waals surface area contributed by atoms with Gasteiger partial charge in [0, 0.05) is 19.8 Å². The third kappa shape index (κ3) is 4.88. The fourth-order valence-corrected chi connectivity index (χ4v) is 3.86. The minimum Gasteiger partial charge on any atom is -0.373 e. The van der Waals surface area contributed by atoms with Crippen molar-refractivity contribution in [3.05, 3.63) is 0 Å². The molecule has 9 nitrogen and oxygen atoms in total. The molecule has 114 valence electrons. The lowest BCUT2D eigenvalue weighted by Crippen LogP contribution is -2.52. The molecule has 0 radical (unpaired) electrons. The fourth-order valence-electron chi connectivity index (χ4n) is 1.61. The fraction of sp³-hybridized carbons (Fsp3) is 0.700. The molecule has 0 aliphatic carbocycles. The number of nitrogens with two attached hydrogens (primary N) is 2. The van der Waals surface area contributed by atoms with Crippen LogP contribution in [0.15, 0.2) is 0 Å². The third-order valence-electron chi connectivity index (χ3n) is 2.23. The Balaban J connectivity index is 2.78. The first kappa shape index (κ1) is 16.6. The molecule has 0 saturated heterocycles. The molecule has 0 bridgehead atoms. The van der Waals surface area contributed by atoms with E-state index in [0.29, 0.717) is 26.0 Å². The summed E-state index contributed by atoms with van der Waals surface area (Å²) >= 11 is 0. The van der Waals surface area contributed by atoms with Gasteiger partial charge < -0.3 is 30.1 Å². The van der Waals surface area contributed by atoms with Crippen LogP contribution in [0.5, 0.6) is 0 Å². The molecule has 0 saturated carbocycles. The van der Waals surface area contributed by atoms with Crippen molar-refractivity contribution < 1.29 is 13.3 Å². The Hall–Kier alpha value is -1.49. The average molecular weight is 302 g/mol. The van der Waals surface area contributed by atoms with E-state index in [1.807, 2.05) is 20.8 Å². The van der Waals surface area contributed by atoms with Crippen LogP contribution in [0.4, 0.5) is 17.8 Å². The maximum absolute atomic E-state index is 5.69. The highest BCUT2D eigenvalue weighted by molar-refractivity contribution is 6.61. The van der Waals surface area contributed by atoms with Crippen LogP contribution in [0.2, 0.25) is 0 Å². The SMILES string of the molecule is CCO[Si](CNc1nc(N)nc(N)n1)(OCC)OCC. The molecule has 1 aromatic heterocycles. The highest BCUT2D eigenvalue weighted by Gasteiger charge is 2.40. The Morgan fingerprint density at radius 3 is 1.75 bits per heavy atom. The summed E-state index contributed by atoms with van der Waals surface area (Å²) in [6, 6.07) is 0. The zero-order chi connectivity index (χ0) is 15.0. The quantitative estimate of drug-likeness (QED) is 0.541. The molecular weight excluding hydrogens is 280 g/mol. The second kappa shape index (κ2) is 7.94. The summed E-state index contributed by atoms with van der Waals surface area (Å²) in [5.74, 6) is 0.374. The topological polar surface area (TPSA) is 130 Å². The van der Waals surface area contributed by atoms with Crippen LogP contribution in [0, 0.1) is 0 Å². The Kier molecular flexibility index (Phi) is 6.58. The van der Waals surface area contributed by atoms with Crippen LogP contribution in [0.25, 0.3) is 0 Å². The highest BCUT2D eigenvalue weighted by atomic mass is 28.4. The lowest BCUT2D eigenvalue weighted by atomic mass is 10.8. The van der Waals surface area contributed by atoms with Crippen molar-refractivity contribution in [3.63, 3.8) is 0 Å². The van der Waals surface area contributed by atoms with Crippen molar-refractivity contribution in [2.75, 3.05) is 42.8 Å². The molecule has 0 aliphatic rings. The van der Waals surface area contributed by atoms with Gasteiger partial charge in [0.05, 0.1) is 6.17 Å². The number of nitrogens with zero attached hydrogens (tertiary/aromatic N) is 3. The van der Waals surface area contributed by atoms with E-state index in [9.17, 15) is 0 Å². The molecule has 0 amide bonds. The zero-order valence-corrected chi connectivity index (χ0v) is 13.0. The van der Waals surface area contributed by atoms with E-state index in [1.165, 1.54) is 0 Å². The van der Waals surface area contributed by atoms with Crippen LogP contribution >= 0.6 is 0 Å². The lowest BCUT2D eigenvalue weighted by Gasteiger charge is -2.28. The van der Waals surface area contributed by atoms with E-state index in [-0.39, 0.29) is 17.8 Å². The van der Waals surface area contributed by atoms with Gasteiger partial charge in [-0.05, 0) is 20.8 Å². The van der Waals surface area contributed by atoms with Crippen LogP contribution in [-0.2, 0) is 13.3 Å². The number of anilines is 3. The summed E-state index contributed by atoms with van der Waals surface area (Å²) in [7, 11) is -2.81. The van der Waals surface area contributed by atoms with Crippen molar-refractivity contribution in [2.24, 2.45) is 0 Å². The molecule has 1 heterocycles. The van der Waals surface area contributed by atoms with Crippen LogP contribution in [0.1, 0.15) is 20.8 Å². The molecule has 1 aromatic rings. The van der Waals surface area contributed by atoms with Crippen LogP contribution in [-0.4, -0.2) is 49.7 Å². The molecule has 20 heavy (non-hydrogen) atoms. The molecule has 0 unspecified atom stereocenters. The number of nitrogen functional groups attached to an aromatic ring is 2. The molecule has 5 N–H and O–H groups in total. The van der Waals surface area contributed by atoms with Gasteiger partial charge in [-0.3, -0.25) is 0 Å². The first-order valence-corrected chi connectivity index (χ1v) is 8.41. The normalized spacial score (nSPS) is 11.6. The van der Waals surface area contributed by atoms with Gasteiger partial charge in [0.1, 0.15) is 0 Å². The average Bonchev–Trinajstić information content (AvgIpc) is 2.36. The number of nitrogens with one attached hydrogen (secondary N) is 1. The van der Waals surface area contributed by atoms with Crippen molar-refractivity contribution >= 4 is 26.6 Å².